The van der Waals surface area contributed by atoms with E-state index in [1.165, 1.54) is 25.4 Å². The molecule has 3 aromatic rings. The SMILES string of the molecule is COC(=O)c1c(Cl)cccc1-c1ccc(CCNC(=O)C2(NC(=O)c3ccno3)COC2)c(F)c1. The number of aromatic nitrogens is 1. The summed E-state index contributed by atoms with van der Waals surface area (Å²) in [5.74, 6) is -2.19. The highest BCUT2D eigenvalue weighted by Crippen LogP contribution is 2.31. The molecule has 1 fully saturated rings. The Kier molecular flexibility index (Phi) is 7.13. The first-order valence-electron chi connectivity index (χ1n) is 10.6. The summed E-state index contributed by atoms with van der Waals surface area (Å²) in [6.45, 7) is 0.132. The summed E-state index contributed by atoms with van der Waals surface area (Å²) in [6.07, 6.45) is 1.52. The van der Waals surface area contributed by atoms with Crippen LogP contribution in [0, 0.1) is 5.82 Å². The lowest BCUT2D eigenvalue weighted by molar-refractivity contribution is -0.146. The van der Waals surface area contributed by atoms with Crippen molar-refractivity contribution in [1.29, 1.82) is 0 Å². The Bertz CT molecular complexity index is 1260. The van der Waals surface area contributed by atoms with Gasteiger partial charge in [-0.1, -0.05) is 41.0 Å². The highest BCUT2D eigenvalue weighted by molar-refractivity contribution is 6.34. The molecule has 1 aromatic heterocycles. The van der Waals surface area contributed by atoms with Gasteiger partial charge in [-0.15, -0.1) is 0 Å². The van der Waals surface area contributed by atoms with Gasteiger partial charge in [0.2, 0.25) is 5.76 Å². The van der Waals surface area contributed by atoms with Crippen LogP contribution in [0.4, 0.5) is 4.39 Å². The third kappa shape index (κ3) is 5.03. The van der Waals surface area contributed by atoms with Crippen LogP contribution in [0.25, 0.3) is 11.1 Å². The lowest BCUT2D eigenvalue weighted by Crippen LogP contribution is -2.70. The van der Waals surface area contributed by atoms with Crippen LogP contribution in [-0.2, 0) is 20.7 Å². The molecule has 11 heteroatoms. The van der Waals surface area contributed by atoms with E-state index in [2.05, 4.69) is 15.8 Å². The van der Waals surface area contributed by atoms with Gasteiger partial charge in [-0.25, -0.2) is 9.18 Å². The normalized spacial score (nSPS) is 14.0. The third-order valence-electron chi connectivity index (χ3n) is 5.59. The molecule has 0 aliphatic carbocycles. The molecule has 0 bridgehead atoms. The quantitative estimate of drug-likeness (QED) is 0.455. The Morgan fingerprint density at radius 2 is 2.00 bits per heavy atom. The van der Waals surface area contributed by atoms with Crippen molar-refractivity contribution < 1.29 is 32.8 Å². The number of rotatable bonds is 8. The van der Waals surface area contributed by atoms with Gasteiger partial charge in [0.1, 0.15) is 5.82 Å². The molecular weight excluding hydrogens is 481 g/mol. The molecule has 1 aliphatic rings. The second-order valence-electron chi connectivity index (χ2n) is 7.87. The lowest BCUT2D eigenvalue weighted by atomic mass is 9.95. The van der Waals surface area contributed by atoms with Crippen LogP contribution in [0.3, 0.4) is 0 Å². The Labute approximate surface area is 204 Å². The van der Waals surface area contributed by atoms with Crippen molar-refractivity contribution >= 4 is 29.4 Å². The van der Waals surface area contributed by atoms with Gasteiger partial charge in [0, 0.05) is 12.6 Å². The number of hydrogen-bond donors (Lipinski definition) is 2. The molecule has 2 heterocycles. The zero-order valence-electron chi connectivity index (χ0n) is 18.6. The maximum atomic E-state index is 14.9. The van der Waals surface area contributed by atoms with Gasteiger partial charge < -0.3 is 24.6 Å². The zero-order chi connectivity index (χ0) is 25.0. The molecule has 0 spiro atoms. The number of amides is 2. The molecule has 1 saturated heterocycles. The van der Waals surface area contributed by atoms with Crippen molar-refractivity contribution in [3.8, 4) is 11.1 Å². The van der Waals surface area contributed by atoms with Crippen LogP contribution in [0.15, 0.2) is 53.2 Å². The highest BCUT2D eigenvalue weighted by Gasteiger charge is 2.47. The van der Waals surface area contributed by atoms with Gasteiger partial charge in [0.25, 0.3) is 11.8 Å². The molecule has 0 radical (unpaired) electrons. The second-order valence-corrected chi connectivity index (χ2v) is 8.28. The van der Waals surface area contributed by atoms with E-state index in [1.54, 1.807) is 30.3 Å². The average Bonchev–Trinajstić information content (AvgIpc) is 3.37. The number of nitrogens with one attached hydrogen (secondary N) is 2. The number of methoxy groups -OCH3 is 1. The first kappa shape index (κ1) is 24.4. The second kappa shape index (κ2) is 10.2. The van der Waals surface area contributed by atoms with Crippen molar-refractivity contribution in [3.05, 3.63) is 76.4 Å². The molecule has 1 aliphatic heterocycles. The van der Waals surface area contributed by atoms with E-state index in [0.29, 0.717) is 16.7 Å². The van der Waals surface area contributed by atoms with Crippen LogP contribution in [-0.4, -0.2) is 55.3 Å². The standard InChI is InChI=1S/C24H21ClFN3O6/c1-33-22(31)20-16(3-2-4-17(20)25)15-6-5-14(18(26)11-15)7-9-27-23(32)24(12-34-13-24)29-21(30)19-8-10-28-35-19/h2-6,8,10-11H,7,9,12-13H2,1H3,(H,27,32)(H,29,30). The van der Waals surface area contributed by atoms with E-state index in [-0.39, 0.29) is 42.5 Å². The molecule has 0 unspecified atom stereocenters. The smallest absolute Gasteiger partial charge is 0.340 e. The zero-order valence-corrected chi connectivity index (χ0v) is 19.4. The fourth-order valence-electron chi connectivity index (χ4n) is 3.65. The molecular formula is C24H21ClFN3O6. The van der Waals surface area contributed by atoms with Crippen LogP contribution in [0.2, 0.25) is 5.02 Å². The summed E-state index contributed by atoms with van der Waals surface area (Å²) in [5.41, 5.74) is 0.177. The van der Waals surface area contributed by atoms with Crippen LogP contribution >= 0.6 is 11.6 Å². The summed E-state index contributed by atoms with van der Waals surface area (Å²) in [7, 11) is 1.24. The molecule has 182 valence electrons. The van der Waals surface area contributed by atoms with E-state index in [9.17, 15) is 18.8 Å². The van der Waals surface area contributed by atoms with Gasteiger partial charge in [-0.2, -0.15) is 0 Å². The number of ether oxygens (including phenoxy) is 2. The van der Waals surface area contributed by atoms with Gasteiger partial charge >= 0.3 is 5.97 Å². The topological polar surface area (TPSA) is 120 Å². The molecule has 2 aromatic carbocycles. The van der Waals surface area contributed by atoms with E-state index < -0.39 is 29.1 Å². The summed E-state index contributed by atoms with van der Waals surface area (Å²) in [6, 6.07) is 10.8. The summed E-state index contributed by atoms with van der Waals surface area (Å²) < 4.78 is 29.6. The minimum absolute atomic E-state index is 0.00390. The number of carbonyl (C=O) groups excluding carboxylic acids is 3. The predicted molar refractivity (Wildman–Crippen MR) is 122 cm³/mol. The number of nitrogens with zero attached hydrogens (tertiary/aromatic N) is 1. The van der Waals surface area contributed by atoms with E-state index in [0.717, 1.165) is 0 Å². The highest BCUT2D eigenvalue weighted by atomic mass is 35.5. The summed E-state index contributed by atoms with van der Waals surface area (Å²) >= 11 is 6.16. The number of benzene rings is 2. The average molecular weight is 502 g/mol. The fourth-order valence-corrected chi connectivity index (χ4v) is 3.90. The fraction of sp³-hybridized carbons (Fsp3) is 0.250. The maximum Gasteiger partial charge on any atom is 0.340 e. The molecule has 35 heavy (non-hydrogen) atoms. The van der Waals surface area contributed by atoms with Crippen LogP contribution in [0.5, 0.6) is 0 Å². The van der Waals surface area contributed by atoms with E-state index >= 15 is 0 Å². The van der Waals surface area contributed by atoms with Gasteiger partial charge in [-0.3, -0.25) is 9.59 Å². The van der Waals surface area contributed by atoms with Crippen molar-refractivity contribution in [3.63, 3.8) is 0 Å². The van der Waals surface area contributed by atoms with Crippen LogP contribution in [0.1, 0.15) is 26.5 Å². The Morgan fingerprint density at radius 1 is 1.20 bits per heavy atom. The maximum absolute atomic E-state index is 14.9. The molecule has 9 nitrogen and oxygen atoms in total. The van der Waals surface area contributed by atoms with Crippen molar-refractivity contribution in [2.75, 3.05) is 26.9 Å². The molecule has 2 amide bonds. The van der Waals surface area contributed by atoms with Crippen LogP contribution < -0.4 is 10.6 Å². The lowest BCUT2D eigenvalue weighted by Gasteiger charge is -2.39. The monoisotopic (exact) mass is 501 g/mol. The Morgan fingerprint density at radius 3 is 2.63 bits per heavy atom. The third-order valence-corrected chi connectivity index (χ3v) is 5.91. The first-order chi connectivity index (χ1) is 16.8. The van der Waals surface area contributed by atoms with Gasteiger partial charge in [0.15, 0.2) is 5.54 Å². The predicted octanol–water partition coefficient (Wildman–Crippen LogP) is 2.78. The van der Waals surface area contributed by atoms with E-state index in [4.69, 9.17) is 25.6 Å². The van der Waals surface area contributed by atoms with Gasteiger partial charge in [-0.05, 0) is 35.2 Å². The first-order valence-corrected chi connectivity index (χ1v) is 11.0. The number of carbonyl (C=O) groups is 3. The minimum Gasteiger partial charge on any atom is -0.465 e. The molecule has 0 atom stereocenters. The van der Waals surface area contributed by atoms with Crippen molar-refractivity contribution in [2.24, 2.45) is 0 Å². The molecule has 4 rings (SSSR count). The molecule has 0 saturated carbocycles. The van der Waals surface area contributed by atoms with Crippen molar-refractivity contribution in [1.82, 2.24) is 15.8 Å². The van der Waals surface area contributed by atoms with E-state index in [1.807, 2.05) is 0 Å². The number of hydrogen-bond acceptors (Lipinski definition) is 7. The number of halogens is 2. The Balaban J connectivity index is 1.41. The number of esters is 1. The largest absolute Gasteiger partial charge is 0.465 e. The minimum atomic E-state index is -1.23. The Hall–Kier alpha value is -3.76. The van der Waals surface area contributed by atoms with Gasteiger partial charge in [0.05, 0.1) is 37.1 Å². The molecule has 2 N–H and O–H groups in total. The summed E-state index contributed by atoms with van der Waals surface area (Å²) in [5, 5.41) is 8.99. The summed E-state index contributed by atoms with van der Waals surface area (Å²) in [4.78, 5) is 37.1. The van der Waals surface area contributed by atoms with Crippen molar-refractivity contribution in [2.45, 2.75) is 12.0 Å².